The molecule has 1 rings (SSSR count). The van der Waals surface area contributed by atoms with Gasteiger partial charge in [-0.15, -0.1) is 0 Å². The number of esters is 1. The number of benzene rings is 1. The van der Waals surface area contributed by atoms with Crippen LogP contribution in [-0.4, -0.2) is 39.5 Å². The molecule has 146 valence electrons. The van der Waals surface area contributed by atoms with Crippen LogP contribution in [0.25, 0.3) is 0 Å². The summed E-state index contributed by atoms with van der Waals surface area (Å²) in [6.07, 6.45) is 1.52. The Balaban J connectivity index is 2.57. The van der Waals surface area contributed by atoms with Gasteiger partial charge in [0.1, 0.15) is 0 Å². The zero-order chi connectivity index (χ0) is 19.7. The fourth-order valence-corrected chi connectivity index (χ4v) is 3.28. The van der Waals surface area contributed by atoms with Crippen molar-refractivity contribution < 1.29 is 22.7 Å². The van der Waals surface area contributed by atoms with Crippen LogP contribution in [0.3, 0.4) is 0 Å². The molecular formula is C18H28N2O5S. The van der Waals surface area contributed by atoms with E-state index < -0.39 is 16.0 Å². The van der Waals surface area contributed by atoms with Gasteiger partial charge in [0.05, 0.1) is 10.5 Å². The lowest BCUT2D eigenvalue weighted by Crippen LogP contribution is -2.32. The van der Waals surface area contributed by atoms with Gasteiger partial charge in [-0.3, -0.25) is 4.79 Å². The number of carbonyl (C=O) groups is 2. The molecule has 1 amide bonds. The Morgan fingerprint density at radius 3 is 2.27 bits per heavy atom. The van der Waals surface area contributed by atoms with E-state index >= 15 is 0 Å². The lowest BCUT2D eigenvalue weighted by Gasteiger charge is -2.12. The van der Waals surface area contributed by atoms with Crippen LogP contribution in [0.5, 0.6) is 0 Å². The first kappa shape index (κ1) is 22.1. The molecule has 8 heteroatoms. The normalized spacial score (nSPS) is 12.7. The number of hydrogen-bond donors (Lipinski definition) is 2. The maximum absolute atomic E-state index is 12.2. The summed E-state index contributed by atoms with van der Waals surface area (Å²) < 4.78 is 31.8. The number of sulfonamides is 1. The van der Waals surface area contributed by atoms with E-state index in [4.69, 9.17) is 4.74 Å². The van der Waals surface area contributed by atoms with Crippen molar-refractivity contribution in [2.24, 2.45) is 5.92 Å². The van der Waals surface area contributed by atoms with Crippen LogP contribution in [0.4, 0.5) is 0 Å². The summed E-state index contributed by atoms with van der Waals surface area (Å²) in [6.45, 7) is 7.92. The molecular weight excluding hydrogens is 356 g/mol. The summed E-state index contributed by atoms with van der Waals surface area (Å²) in [6, 6.07) is 5.22. The zero-order valence-electron chi connectivity index (χ0n) is 15.7. The second-order valence-corrected chi connectivity index (χ2v) is 8.28. The molecule has 0 saturated heterocycles. The number of carbonyl (C=O) groups excluding carboxylic acids is 2. The Hall–Kier alpha value is -1.93. The SMILES string of the molecule is CC[C@H](C)NS(=O)(=O)c1ccc(C(=O)OCC(=O)NCCC(C)C)cc1. The van der Waals surface area contributed by atoms with Crippen LogP contribution in [0.1, 0.15) is 50.9 Å². The Labute approximate surface area is 155 Å². The molecule has 0 saturated carbocycles. The van der Waals surface area contributed by atoms with Gasteiger partial charge in [0, 0.05) is 12.6 Å². The lowest BCUT2D eigenvalue weighted by atomic mass is 10.1. The number of amides is 1. The van der Waals surface area contributed by atoms with Crippen LogP contribution >= 0.6 is 0 Å². The van der Waals surface area contributed by atoms with Crippen LogP contribution in [0.2, 0.25) is 0 Å². The molecule has 7 nitrogen and oxygen atoms in total. The number of nitrogens with one attached hydrogen (secondary N) is 2. The minimum Gasteiger partial charge on any atom is -0.452 e. The molecule has 0 aromatic heterocycles. The highest BCUT2D eigenvalue weighted by Gasteiger charge is 2.17. The highest BCUT2D eigenvalue weighted by atomic mass is 32.2. The molecule has 0 aliphatic rings. The maximum atomic E-state index is 12.2. The van der Waals surface area contributed by atoms with Crippen molar-refractivity contribution in [3.8, 4) is 0 Å². The van der Waals surface area contributed by atoms with E-state index in [0.29, 0.717) is 18.9 Å². The van der Waals surface area contributed by atoms with Gasteiger partial charge in [-0.05, 0) is 49.9 Å². The summed E-state index contributed by atoms with van der Waals surface area (Å²) in [5.74, 6) is -0.568. The van der Waals surface area contributed by atoms with Gasteiger partial charge in [0.2, 0.25) is 10.0 Å². The smallest absolute Gasteiger partial charge is 0.338 e. The third kappa shape index (κ3) is 7.53. The molecule has 1 aromatic carbocycles. The average Bonchev–Trinajstić information content (AvgIpc) is 2.59. The Kier molecular flexibility index (Phi) is 8.74. The van der Waals surface area contributed by atoms with Crippen molar-refractivity contribution in [3.63, 3.8) is 0 Å². The molecule has 0 unspecified atom stereocenters. The predicted molar refractivity (Wildman–Crippen MR) is 99.3 cm³/mol. The second kappa shape index (κ2) is 10.3. The predicted octanol–water partition coefficient (Wildman–Crippen LogP) is 2.08. The molecule has 0 radical (unpaired) electrons. The van der Waals surface area contributed by atoms with E-state index in [1.54, 1.807) is 6.92 Å². The van der Waals surface area contributed by atoms with Gasteiger partial charge in [-0.1, -0.05) is 20.8 Å². The van der Waals surface area contributed by atoms with Gasteiger partial charge in [-0.25, -0.2) is 17.9 Å². The minimum atomic E-state index is -3.62. The fraction of sp³-hybridized carbons (Fsp3) is 0.556. The van der Waals surface area contributed by atoms with Crippen LogP contribution in [0, 0.1) is 5.92 Å². The van der Waals surface area contributed by atoms with Crippen molar-refractivity contribution in [3.05, 3.63) is 29.8 Å². The summed E-state index contributed by atoms with van der Waals surface area (Å²) in [5, 5.41) is 2.67. The Morgan fingerprint density at radius 2 is 1.73 bits per heavy atom. The lowest BCUT2D eigenvalue weighted by molar-refractivity contribution is -0.124. The quantitative estimate of drug-likeness (QED) is 0.602. The van der Waals surface area contributed by atoms with E-state index in [1.807, 2.05) is 6.92 Å². The number of rotatable bonds is 10. The molecule has 1 atom stereocenters. The second-order valence-electron chi connectivity index (χ2n) is 6.56. The zero-order valence-corrected chi connectivity index (χ0v) is 16.6. The third-order valence-corrected chi connectivity index (χ3v) is 5.35. The molecule has 2 N–H and O–H groups in total. The summed E-state index contributed by atoms with van der Waals surface area (Å²) in [5.41, 5.74) is 0.183. The highest BCUT2D eigenvalue weighted by Crippen LogP contribution is 2.12. The monoisotopic (exact) mass is 384 g/mol. The van der Waals surface area contributed by atoms with Gasteiger partial charge >= 0.3 is 5.97 Å². The summed E-state index contributed by atoms with van der Waals surface area (Å²) in [4.78, 5) is 23.6. The maximum Gasteiger partial charge on any atom is 0.338 e. The first-order chi connectivity index (χ1) is 12.2. The van der Waals surface area contributed by atoms with Crippen LogP contribution in [0.15, 0.2) is 29.2 Å². The largest absolute Gasteiger partial charge is 0.452 e. The third-order valence-electron chi connectivity index (χ3n) is 3.75. The topological polar surface area (TPSA) is 102 Å². The van der Waals surface area contributed by atoms with E-state index in [2.05, 4.69) is 23.9 Å². The van der Waals surface area contributed by atoms with E-state index in [1.165, 1.54) is 24.3 Å². The van der Waals surface area contributed by atoms with Crippen LogP contribution in [-0.2, 0) is 19.6 Å². The molecule has 0 heterocycles. The van der Waals surface area contributed by atoms with E-state index in [-0.39, 0.29) is 29.0 Å². The molecule has 0 spiro atoms. The minimum absolute atomic E-state index is 0.0702. The highest BCUT2D eigenvalue weighted by molar-refractivity contribution is 7.89. The number of ether oxygens (including phenoxy) is 1. The first-order valence-corrected chi connectivity index (χ1v) is 10.2. The molecule has 0 fully saturated rings. The van der Waals surface area contributed by atoms with Crippen molar-refractivity contribution in [1.82, 2.24) is 10.0 Å². The Morgan fingerprint density at radius 1 is 1.12 bits per heavy atom. The molecule has 0 bridgehead atoms. The van der Waals surface area contributed by atoms with E-state index in [9.17, 15) is 18.0 Å². The van der Waals surface area contributed by atoms with Crippen molar-refractivity contribution in [2.45, 2.75) is 51.5 Å². The van der Waals surface area contributed by atoms with Crippen molar-refractivity contribution >= 4 is 21.9 Å². The molecule has 0 aliphatic heterocycles. The van der Waals surface area contributed by atoms with Gasteiger partial charge < -0.3 is 10.1 Å². The molecule has 0 aliphatic carbocycles. The number of hydrogen-bond acceptors (Lipinski definition) is 5. The van der Waals surface area contributed by atoms with Crippen LogP contribution < -0.4 is 10.0 Å². The Bertz CT molecular complexity index is 699. The van der Waals surface area contributed by atoms with Gasteiger partial charge in [-0.2, -0.15) is 0 Å². The standard InChI is InChI=1S/C18H28N2O5S/c1-5-14(4)20-26(23,24)16-8-6-15(7-9-16)18(22)25-12-17(21)19-11-10-13(2)3/h6-9,13-14,20H,5,10-12H2,1-4H3,(H,19,21)/t14-/m0/s1. The summed E-state index contributed by atoms with van der Waals surface area (Å²) in [7, 11) is -3.62. The van der Waals surface area contributed by atoms with Crippen molar-refractivity contribution in [2.75, 3.05) is 13.2 Å². The molecule has 26 heavy (non-hydrogen) atoms. The first-order valence-electron chi connectivity index (χ1n) is 8.72. The van der Waals surface area contributed by atoms with Crippen molar-refractivity contribution in [1.29, 1.82) is 0 Å². The summed E-state index contributed by atoms with van der Waals surface area (Å²) >= 11 is 0. The molecule has 1 aromatic rings. The van der Waals surface area contributed by atoms with Gasteiger partial charge in [0.15, 0.2) is 6.61 Å². The fourth-order valence-electron chi connectivity index (χ4n) is 1.95. The average molecular weight is 384 g/mol. The van der Waals surface area contributed by atoms with Gasteiger partial charge in [0.25, 0.3) is 5.91 Å². The van der Waals surface area contributed by atoms with E-state index in [0.717, 1.165) is 6.42 Å².